The van der Waals surface area contributed by atoms with Crippen LogP contribution in [0.25, 0.3) is 0 Å². The Labute approximate surface area is 134 Å². The number of ether oxygens (including phenoxy) is 1. The van der Waals surface area contributed by atoms with Gasteiger partial charge in [0.05, 0.1) is 12.0 Å². The van der Waals surface area contributed by atoms with Crippen LogP contribution in [0.15, 0.2) is 24.3 Å². The number of hydrogen-bond acceptors (Lipinski definition) is 3. The number of carboxylic acids is 1. The van der Waals surface area contributed by atoms with E-state index >= 15 is 0 Å². The molecule has 0 spiro atoms. The highest BCUT2D eigenvalue weighted by molar-refractivity contribution is 6.30. The zero-order valence-corrected chi connectivity index (χ0v) is 13.4. The van der Waals surface area contributed by atoms with Crippen LogP contribution in [-0.2, 0) is 14.3 Å². The van der Waals surface area contributed by atoms with E-state index in [0.29, 0.717) is 11.6 Å². The third-order valence-electron chi connectivity index (χ3n) is 3.83. The van der Waals surface area contributed by atoms with E-state index in [1.807, 2.05) is 26.0 Å². The molecule has 1 amide bonds. The van der Waals surface area contributed by atoms with Crippen molar-refractivity contribution >= 4 is 23.5 Å². The van der Waals surface area contributed by atoms with Crippen molar-refractivity contribution < 1.29 is 19.4 Å². The molecule has 2 rings (SSSR count). The van der Waals surface area contributed by atoms with Crippen LogP contribution in [0.1, 0.15) is 25.3 Å². The summed E-state index contributed by atoms with van der Waals surface area (Å²) < 4.78 is 5.31. The van der Waals surface area contributed by atoms with E-state index in [0.717, 1.165) is 5.56 Å². The van der Waals surface area contributed by atoms with Crippen molar-refractivity contribution in [1.29, 1.82) is 0 Å². The summed E-state index contributed by atoms with van der Waals surface area (Å²) in [6.07, 6.45) is -0.0334. The number of carbonyl (C=O) groups is 2. The monoisotopic (exact) mass is 325 g/mol. The number of nitrogens with zero attached hydrogens (tertiary/aromatic N) is 1. The Morgan fingerprint density at radius 1 is 1.32 bits per heavy atom. The normalized spacial score (nSPS) is 21.4. The van der Waals surface area contributed by atoms with Crippen molar-refractivity contribution in [3.05, 3.63) is 34.9 Å². The molecular formula is C16H20ClNO4. The molecule has 120 valence electrons. The molecule has 1 aliphatic rings. The molecular weight excluding hydrogens is 306 g/mol. The molecule has 5 nitrogen and oxygen atoms in total. The minimum Gasteiger partial charge on any atom is -0.481 e. The maximum atomic E-state index is 12.1. The number of amides is 1. The van der Waals surface area contributed by atoms with Crippen molar-refractivity contribution in [2.75, 3.05) is 19.7 Å². The van der Waals surface area contributed by atoms with Crippen LogP contribution in [0.5, 0.6) is 0 Å². The maximum absolute atomic E-state index is 12.1. The van der Waals surface area contributed by atoms with Gasteiger partial charge in [0.15, 0.2) is 0 Å². The summed E-state index contributed by atoms with van der Waals surface area (Å²) in [5.74, 6) is -1.89. The van der Waals surface area contributed by atoms with E-state index in [9.17, 15) is 14.7 Å². The van der Waals surface area contributed by atoms with Gasteiger partial charge in [0, 0.05) is 24.0 Å². The van der Waals surface area contributed by atoms with Gasteiger partial charge in [-0.2, -0.15) is 0 Å². The molecule has 0 unspecified atom stereocenters. The molecule has 2 atom stereocenters. The number of aliphatic carboxylic acids is 1. The summed E-state index contributed by atoms with van der Waals surface area (Å²) in [5, 5.41) is 10.0. The number of benzene rings is 1. The molecule has 1 heterocycles. The highest BCUT2D eigenvalue weighted by Gasteiger charge is 2.40. The second-order valence-corrected chi connectivity index (χ2v) is 6.20. The first-order valence-corrected chi connectivity index (χ1v) is 7.64. The van der Waals surface area contributed by atoms with Gasteiger partial charge in [-0.3, -0.25) is 9.59 Å². The number of carbonyl (C=O) groups excluding carboxylic acids is 1. The van der Waals surface area contributed by atoms with Gasteiger partial charge in [-0.05, 0) is 31.5 Å². The van der Waals surface area contributed by atoms with Crippen LogP contribution in [0.4, 0.5) is 0 Å². The number of halogens is 1. The lowest BCUT2D eigenvalue weighted by molar-refractivity contribution is -0.142. The molecule has 0 aromatic heterocycles. The largest absolute Gasteiger partial charge is 0.481 e. The molecule has 0 aliphatic carbocycles. The fourth-order valence-electron chi connectivity index (χ4n) is 2.63. The van der Waals surface area contributed by atoms with Gasteiger partial charge in [0.25, 0.3) is 0 Å². The molecule has 1 fully saturated rings. The average molecular weight is 326 g/mol. The summed E-state index contributed by atoms with van der Waals surface area (Å²) >= 11 is 5.87. The van der Waals surface area contributed by atoms with Crippen molar-refractivity contribution in [2.24, 2.45) is 5.92 Å². The van der Waals surface area contributed by atoms with Crippen LogP contribution in [0.3, 0.4) is 0 Å². The quantitative estimate of drug-likeness (QED) is 0.902. The second-order valence-electron chi connectivity index (χ2n) is 5.76. The van der Waals surface area contributed by atoms with Gasteiger partial charge in [-0.1, -0.05) is 23.7 Å². The topological polar surface area (TPSA) is 66.8 Å². The number of carboxylic acid groups (broad SMARTS) is 1. The maximum Gasteiger partial charge on any atom is 0.308 e. The van der Waals surface area contributed by atoms with E-state index in [1.54, 1.807) is 17.0 Å². The summed E-state index contributed by atoms with van der Waals surface area (Å²) in [4.78, 5) is 25.2. The first kappa shape index (κ1) is 16.8. The van der Waals surface area contributed by atoms with Crippen LogP contribution < -0.4 is 0 Å². The van der Waals surface area contributed by atoms with Crippen molar-refractivity contribution in [3.63, 3.8) is 0 Å². The summed E-state index contributed by atoms with van der Waals surface area (Å²) in [6.45, 7) is 4.29. The van der Waals surface area contributed by atoms with Crippen molar-refractivity contribution in [3.8, 4) is 0 Å². The van der Waals surface area contributed by atoms with E-state index in [1.165, 1.54) is 0 Å². The minimum absolute atomic E-state index is 0.0165. The summed E-state index contributed by atoms with van der Waals surface area (Å²) in [6, 6.07) is 7.12. The summed E-state index contributed by atoms with van der Waals surface area (Å²) in [5.41, 5.74) is 0.886. The standard InChI is InChI=1S/C16H20ClNO4/c1-10(2)22-9-15(19)18-7-13(14(8-18)16(20)21)11-3-5-12(17)6-4-11/h3-6,10,13-14H,7-9H2,1-2H3,(H,20,21)/t13-,14+/m0/s1. The lowest BCUT2D eigenvalue weighted by Gasteiger charge is -2.17. The van der Waals surface area contributed by atoms with E-state index < -0.39 is 11.9 Å². The van der Waals surface area contributed by atoms with Gasteiger partial charge in [-0.15, -0.1) is 0 Å². The first-order valence-electron chi connectivity index (χ1n) is 7.26. The summed E-state index contributed by atoms with van der Waals surface area (Å²) in [7, 11) is 0. The zero-order chi connectivity index (χ0) is 16.3. The van der Waals surface area contributed by atoms with Gasteiger partial charge >= 0.3 is 5.97 Å². The van der Waals surface area contributed by atoms with Crippen LogP contribution in [-0.4, -0.2) is 47.7 Å². The van der Waals surface area contributed by atoms with E-state index in [4.69, 9.17) is 16.3 Å². The molecule has 0 radical (unpaired) electrons. The van der Waals surface area contributed by atoms with Crippen LogP contribution in [0.2, 0.25) is 5.02 Å². The fourth-order valence-corrected chi connectivity index (χ4v) is 2.76. The van der Waals surface area contributed by atoms with Crippen LogP contribution >= 0.6 is 11.6 Å². The lowest BCUT2D eigenvalue weighted by Crippen LogP contribution is -2.33. The first-order chi connectivity index (χ1) is 10.4. The predicted molar refractivity (Wildman–Crippen MR) is 83.0 cm³/mol. The fraction of sp³-hybridized carbons (Fsp3) is 0.500. The van der Waals surface area contributed by atoms with Crippen molar-refractivity contribution in [2.45, 2.75) is 25.9 Å². The minimum atomic E-state index is -0.889. The molecule has 1 aliphatic heterocycles. The van der Waals surface area contributed by atoms with Gasteiger partial charge in [-0.25, -0.2) is 0 Å². The predicted octanol–water partition coefficient (Wildman–Crippen LogP) is 2.39. The molecule has 1 saturated heterocycles. The highest BCUT2D eigenvalue weighted by atomic mass is 35.5. The third-order valence-corrected chi connectivity index (χ3v) is 4.08. The Kier molecular flexibility index (Phi) is 5.42. The number of likely N-dealkylation sites (tertiary alicyclic amines) is 1. The molecule has 0 bridgehead atoms. The second kappa shape index (κ2) is 7.11. The molecule has 1 aromatic rings. The number of hydrogen-bond donors (Lipinski definition) is 1. The smallest absolute Gasteiger partial charge is 0.308 e. The third kappa shape index (κ3) is 3.99. The van der Waals surface area contributed by atoms with Gasteiger partial charge < -0.3 is 14.7 Å². The molecule has 6 heteroatoms. The Hall–Kier alpha value is -1.59. The Bertz CT molecular complexity index is 544. The average Bonchev–Trinajstić information content (AvgIpc) is 2.91. The Morgan fingerprint density at radius 2 is 1.95 bits per heavy atom. The highest BCUT2D eigenvalue weighted by Crippen LogP contribution is 2.33. The Morgan fingerprint density at radius 3 is 2.50 bits per heavy atom. The van der Waals surface area contributed by atoms with E-state index in [-0.39, 0.29) is 31.1 Å². The zero-order valence-electron chi connectivity index (χ0n) is 12.7. The number of rotatable bonds is 5. The van der Waals surface area contributed by atoms with Gasteiger partial charge in [0.2, 0.25) is 5.91 Å². The molecule has 0 saturated carbocycles. The molecule has 1 N–H and O–H groups in total. The Balaban J connectivity index is 2.11. The molecule has 22 heavy (non-hydrogen) atoms. The van der Waals surface area contributed by atoms with Crippen LogP contribution in [0, 0.1) is 5.92 Å². The SMILES string of the molecule is CC(C)OCC(=O)N1C[C@@H](C(=O)O)[C@H](c2ccc(Cl)cc2)C1. The lowest BCUT2D eigenvalue weighted by atomic mass is 9.89. The van der Waals surface area contributed by atoms with Gasteiger partial charge in [0.1, 0.15) is 6.61 Å². The van der Waals surface area contributed by atoms with Crippen molar-refractivity contribution in [1.82, 2.24) is 4.90 Å². The van der Waals surface area contributed by atoms with E-state index in [2.05, 4.69) is 0 Å². The molecule has 1 aromatic carbocycles.